The van der Waals surface area contributed by atoms with E-state index in [4.69, 9.17) is 4.74 Å². The van der Waals surface area contributed by atoms with Gasteiger partial charge < -0.3 is 10.1 Å². The topological polar surface area (TPSA) is 38.3 Å². The van der Waals surface area contributed by atoms with Gasteiger partial charge in [0.2, 0.25) is 0 Å². The molecule has 0 unspecified atom stereocenters. The number of benzene rings is 1. The fourth-order valence-electron chi connectivity index (χ4n) is 2.02. The molecule has 3 nitrogen and oxygen atoms in total. The number of hydrogen-bond donors (Lipinski definition) is 1. The number of fused-ring (bicyclic) bond motifs is 1. The zero-order chi connectivity index (χ0) is 12.1. The summed E-state index contributed by atoms with van der Waals surface area (Å²) >= 11 is 0. The van der Waals surface area contributed by atoms with Gasteiger partial charge >= 0.3 is 5.97 Å². The summed E-state index contributed by atoms with van der Waals surface area (Å²) in [6.45, 7) is 3.62. The second kappa shape index (κ2) is 5.71. The average Bonchev–Trinajstić information content (AvgIpc) is 2.81. The van der Waals surface area contributed by atoms with Crippen molar-refractivity contribution in [2.45, 2.75) is 32.6 Å². The molecule has 0 atom stereocenters. The summed E-state index contributed by atoms with van der Waals surface area (Å²) in [6, 6.07) is 5.76. The van der Waals surface area contributed by atoms with Crippen molar-refractivity contribution >= 4 is 11.7 Å². The molecule has 3 heteroatoms. The van der Waals surface area contributed by atoms with Crippen molar-refractivity contribution in [1.82, 2.24) is 0 Å². The fraction of sp³-hybridized carbons (Fsp3) is 0.500. The predicted octanol–water partition coefficient (Wildman–Crippen LogP) is 3.00. The highest BCUT2D eigenvalue weighted by molar-refractivity contribution is 5.91. The molecule has 0 radical (unpaired) electrons. The van der Waals surface area contributed by atoms with Crippen molar-refractivity contribution in [3.8, 4) is 0 Å². The molecule has 92 valence electrons. The lowest BCUT2D eigenvalue weighted by Gasteiger charge is -2.06. The molecule has 0 saturated heterocycles. The Morgan fingerprint density at radius 2 is 2.29 bits per heavy atom. The minimum Gasteiger partial charge on any atom is -0.462 e. The second-order valence-electron chi connectivity index (χ2n) is 4.39. The van der Waals surface area contributed by atoms with E-state index in [0.29, 0.717) is 12.2 Å². The Kier molecular flexibility index (Phi) is 4.02. The lowest BCUT2D eigenvalue weighted by Crippen LogP contribution is -2.06. The molecule has 0 saturated carbocycles. The van der Waals surface area contributed by atoms with Crippen molar-refractivity contribution in [2.75, 3.05) is 18.5 Å². The van der Waals surface area contributed by atoms with Crippen LogP contribution < -0.4 is 5.32 Å². The molecule has 0 aliphatic carbocycles. The molecule has 1 N–H and O–H groups in total. The summed E-state index contributed by atoms with van der Waals surface area (Å²) in [5.41, 5.74) is 3.01. The SMILES string of the molecule is CCCCCOC(=O)c1ccc2c(c1)NCC2. The highest BCUT2D eigenvalue weighted by Gasteiger charge is 2.13. The molecule has 17 heavy (non-hydrogen) atoms. The Morgan fingerprint density at radius 1 is 1.41 bits per heavy atom. The molecular weight excluding hydrogens is 214 g/mol. The average molecular weight is 233 g/mol. The van der Waals surface area contributed by atoms with Gasteiger partial charge in [0.15, 0.2) is 0 Å². The fourth-order valence-corrected chi connectivity index (χ4v) is 2.02. The summed E-state index contributed by atoms with van der Waals surface area (Å²) in [5, 5.41) is 3.26. The molecule has 0 spiro atoms. The van der Waals surface area contributed by atoms with Gasteiger partial charge in [-0.1, -0.05) is 25.8 Å². The number of ether oxygens (including phenoxy) is 1. The number of unbranched alkanes of at least 4 members (excludes halogenated alkanes) is 2. The van der Waals surface area contributed by atoms with E-state index in [0.717, 1.165) is 37.9 Å². The van der Waals surface area contributed by atoms with Crippen molar-refractivity contribution in [3.05, 3.63) is 29.3 Å². The van der Waals surface area contributed by atoms with Crippen LogP contribution in [0.1, 0.15) is 42.1 Å². The number of carbonyl (C=O) groups is 1. The van der Waals surface area contributed by atoms with Crippen LogP contribution in [0.4, 0.5) is 5.69 Å². The van der Waals surface area contributed by atoms with Gasteiger partial charge in [0, 0.05) is 12.2 Å². The summed E-state index contributed by atoms with van der Waals surface area (Å²) in [5.74, 6) is -0.211. The third kappa shape index (κ3) is 2.99. The molecule has 0 bridgehead atoms. The van der Waals surface area contributed by atoms with Gasteiger partial charge in [-0.2, -0.15) is 0 Å². The maximum atomic E-state index is 11.8. The summed E-state index contributed by atoms with van der Waals surface area (Å²) in [4.78, 5) is 11.8. The molecule has 0 fully saturated rings. The van der Waals surface area contributed by atoms with Crippen molar-refractivity contribution in [3.63, 3.8) is 0 Å². The van der Waals surface area contributed by atoms with E-state index >= 15 is 0 Å². The number of carbonyl (C=O) groups excluding carboxylic acids is 1. The molecule has 1 heterocycles. The first-order chi connectivity index (χ1) is 8.31. The van der Waals surface area contributed by atoms with Gasteiger partial charge in [-0.25, -0.2) is 4.79 Å². The highest BCUT2D eigenvalue weighted by Crippen LogP contribution is 2.23. The first-order valence-electron chi connectivity index (χ1n) is 6.35. The molecule has 0 aromatic heterocycles. The van der Waals surface area contributed by atoms with E-state index < -0.39 is 0 Å². The Morgan fingerprint density at radius 3 is 3.12 bits per heavy atom. The van der Waals surface area contributed by atoms with Gasteiger partial charge in [0.05, 0.1) is 12.2 Å². The monoisotopic (exact) mass is 233 g/mol. The quantitative estimate of drug-likeness (QED) is 0.627. The minimum absolute atomic E-state index is 0.211. The van der Waals surface area contributed by atoms with Crippen LogP contribution in [0.3, 0.4) is 0 Å². The van der Waals surface area contributed by atoms with Gasteiger partial charge in [0.25, 0.3) is 0 Å². The van der Waals surface area contributed by atoms with Gasteiger partial charge in [-0.15, -0.1) is 0 Å². The third-order valence-corrected chi connectivity index (χ3v) is 3.04. The van der Waals surface area contributed by atoms with Crippen LogP contribution in [0, 0.1) is 0 Å². The second-order valence-corrected chi connectivity index (χ2v) is 4.39. The maximum Gasteiger partial charge on any atom is 0.338 e. The smallest absolute Gasteiger partial charge is 0.338 e. The van der Waals surface area contributed by atoms with Crippen LogP contribution >= 0.6 is 0 Å². The zero-order valence-corrected chi connectivity index (χ0v) is 10.3. The van der Waals surface area contributed by atoms with Crippen LogP contribution in [0.5, 0.6) is 0 Å². The molecule has 1 aromatic rings. The van der Waals surface area contributed by atoms with Gasteiger partial charge in [-0.3, -0.25) is 0 Å². The summed E-state index contributed by atoms with van der Waals surface area (Å²) in [6.07, 6.45) is 4.24. The maximum absolute atomic E-state index is 11.8. The van der Waals surface area contributed by atoms with E-state index in [2.05, 4.69) is 12.2 Å². The molecule has 1 aromatic carbocycles. The van der Waals surface area contributed by atoms with Crippen LogP contribution in [0.25, 0.3) is 0 Å². The van der Waals surface area contributed by atoms with Crippen molar-refractivity contribution < 1.29 is 9.53 Å². The number of esters is 1. The van der Waals surface area contributed by atoms with E-state index in [9.17, 15) is 4.79 Å². The highest BCUT2D eigenvalue weighted by atomic mass is 16.5. The minimum atomic E-state index is -0.211. The van der Waals surface area contributed by atoms with E-state index in [1.165, 1.54) is 5.56 Å². The Balaban J connectivity index is 1.91. The molecule has 1 aliphatic rings. The Labute approximate surface area is 102 Å². The van der Waals surface area contributed by atoms with Crippen LogP contribution in [-0.4, -0.2) is 19.1 Å². The van der Waals surface area contributed by atoms with Crippen LogP contribution in [-0.2, 0) is 11.2 Å². The van der Waals surface area contributed by atoms with Crippen molar-refractivity contribution in [1.29, 1.82) is 0 Å². The number of nitrogens with one attached hydrogen (secondary N) is 1. The lowest BCUT2D eigenvalue weighted by molar-refractivity contribution is 0.0498. The Bertz CT molecular complexity index is 401. The summed E-state index contributed by atoms with van der Waals surface area (Å²) < 4.78 is 5.22. The predicted molar refractivity (Wildman–Crippen MR) is 68.4 cm³/mol. The first kappa shape index (κ1) is 12.0. The third-order valence-electron chi connectivity index (χ3n) is 3.04. The van der Waals surface area contributed by atoms with Crippen LogP contribution in [0.2, 0.25) is 0 Å². The standard InChI is InChI=1S/C14H19NO2/c1-2-3-4-9-17-14(16)12-6-5-11-7-8-15-13(11)10-12/h5-6,10,15H,2-4,7-9H2,1H3. The number of anilines is 1. The van der Waals surface area contributed by atoms with Crippen LogP contribution in [0.15, 0.2) is 18.2 Å². The number of hydrogen-bond acceptors (Lipinski definition) is 3. The normalized spacial score (nSPS) is 13.0. The summed E-state index contributed by atoms with van der Waals surface area (Å²) in [7, 11) is 0. The first-order valence-corrected chi connectivity index (χ1v) is 6.35. The van der Waals surface area contributed by atoms with E-state index in [1.54, 1.807) is 0 Å². The van der Waals surface area contributed by atoms with E-state index in [-0.39, 0.29) is 5.97 Å². The zero-order valence-electron chi connectivity index (χ0n) is 10.3. The van der Waals surface area contributed by atoms with Crippen molar-refractivity contribution in [2.24, 2.45) is 0 Å². The largest absolute Gasteiger partial charge is 0.462 e. The molecule has 1 aliphatic heterocycles. The molecular formula is C14H19NO2. The Hall–Kier alpha value is -1.51. The van der Waals surface area contributed by atoms with Gasteiger partial charge in [-0.05, 0) is 30.5 Å². The molecule has 2 rings (SSSR count). The molecule has 0 amide bonds. The lowest BCUT2D eigenvalue weighted by atomic mass is 10.1. The van der Waals surface area contributed by atoms with Gasteiger partial charge in [0.1, 0.15) is 0 Å². The number of rotatable bonds is 5. The van der Waals surface area contributed by atoms with E-state index in [1.807, 2.05) is 18.2 Å².